The van der Waals surface area contributed by atoms with Gasteiger partial charge in [0, 0.05) is 31.6 Å². The maximum absolute atomic E-state index is 13.1. The average Bonchev–Trinajstić information content (AvgIpc) is 3.14. The first kappa shape index (κ1) is 22.5. The predicted molar refractivity (Wildman–Crippen MR) is 125 cm³/mol. The zero-order chi connectivity index (χ0) is 22.8. The van der Waals surface area contributed by atoms with Crippen molar-refractivity contribution in [2.75, 3.05) is 26.2 Å². The Hall–Kier alpha value is -2.25. The number of piperidine rings is 3. The topological polar surface area (TPSA) is 81.8 Å². The second kappa shape index (κ2) is 9.94. The number of imide groups is 1. The Morgan fingerprint density at radius 2 is 1.85 bits per heavy atom. The molecule has 1 aromatic carbocycles. The van der Waals surface area contributed by atoms with Gasteiger partial charge in [-0.05, 0) is 93.6 Å². The molecule has 0 aromatic heterocycles. The summed E-state index contributed by atoms with van der Waals surface area (Å²) in [5.41, 5.74) is 2.87. The third-order valence-corrected chi connectivity index (χ3v) is 7.98. The molecule has 0 bridgehead atoms. The van der Waals surface area contributed by atoms with E-state index in [4.69, 9.17) is 0 Å². The minimum Gasteiger partial charge on any atom is -0.322 e. The van der Waals surface area contributed by atoms with Crippen LogP contribution in [0.1, 0.15) is 72.9 Å². The van der Waals surface area contributed by atoms with Crippen molar-refractivity contribution in [2.45, 2.75) is 70.5 Å². The summed E-state index contributed by atoms with van der Waals surface area (Å²) in [5, 5.41) is 5.91. The van der Waals surface area contributed by atoms with Crippen molar-refractivity contribution in [3.8, 4) is 0 Å². The minimum absolute atomic E-state index is 0.0843. The quantitative estimate of drug-likeness (QED) is 0.648. The van der Waals surface area contributed by atoms with Crippen LogP contribution in [0.2, 0.25) is 0 Å². The molecule has 3 amide bonds. The highest BCUT2D eigenvalue weighted by Crippen LogP contribution is 2.30. The Morgan fingerprint density at radius 1 is 1.00 bits per heavy atom. The van der Waals surface area contributed by atoms with Crippen LogP contribution < -0.4 is 10.6 Å². The van der Waals surface area contributed by atoms with Gasteiger partial charge in [0.15, 0.2) is 0 Å². The highest BCUT2D eigenvalue weighted by Gasteiger charge is 2.39. The number of hydrogen-bond acceptors (Lipinski definition) is 5. The summed E-state index contributed by atoms with van der Waals surface area (Å²) in [6.07, 6.45) is 8.64. The van der Waals surface area contributed by atoms with Gasteiger partial charge in [-0.3, -0.25) is 24.6 Å². The van der Waals surface area contributed by atoms with Crippen LogP contribution in [0.3, 0.4) is 0 Å². The first-order valence-corrected chi connectivity index (χ1v) is 12.8. The molecule has 2 N–H and O–H groups in total. The summed E-state index contributed by atoms with van der Waals surface area (Å²) in [4.78, 5) is 41.0. The van der Waals surface area contributed by atoms with Crippen LogP contribution in [0.5, 0.6) is 0 Å². The number of fused-ring (bicyclic) bond motifs is 1. The number of amides is 3. The van der Waals surface area contributed by atoms with Gasteiger partial charge in [0.1, 0.15) is 6.04 Å². The summed E-state index contributed by atoms with van der Waals surface area (Å²) in [7, 11) is 0. The van der Waals surface area contributed by atoms with E-state index in [1.54, 1.807) is 4.90 Å². The lowest BCUT2D eigenvalue weighted by Crippen LogP contribution is -2.52. The van der Waals surface area contributed by atoms with E-state index in [1.807, 2.05) is 12.1 Å². The number of carbonyl (C=O) groups excluding carboxylic acids is 3. The van der Waals surface area contributed by atoms with Crippen molar-refractivity contribution in [3.63, 3.8) is 0 Å². The molecule has 4 heterocycles. The summed E-state index contributed by atoms with van der Waals surface area (Å²) in [6, 6.07) is 5.66. The van der Waals surface area contributed by atoms with Gasteiger partial charge in [-0.25, -0.2) is 0 Å². The van der Waals surface area contributed by atoms with Crippen LogP contribution in [0.4, 0.5) is 0 Å². The largest absolute Gasteiger partial charge is 0.322 e. The maximum atomic E-state index is 13.1. The minimum atomic E-state index is -0.548. The van der Waals surface area contributed by atoms with Gasteiger partial charge < -0.3 is 10.2 Å². The van der Waals surface area contributed by atoms with Crippen molar-refractivity contribution < 1.29 is 14.4 Å². The maximum Gasteiger partial charge on any atom is 0.255 e. The molecule has 3 fully saturated rings. The van der Waals surface area contributed by atoms with Gasteiger partial charge in [0.05, 0.1) is 0 Å². The molecule has 5 rings (SSSR count). The summed E-state index contributed by atoms with van der Waals surface area (Å²) < 4.78 is 0. The van der Waals surface area contributed by atoms with Crippen LogP contribution >= 0.6 is 0 Å². The molecule has 7 nitrogen and oxygen atoms in total. The monoisotopic (exact) mass is 452 g/mol. The molecule has 1 aromatic rings. The number of carbonyl (C=O) groups is 3. The lowest BCUT2D eigenvalue weighted by Gasteiger charge is -2.34. The van der Waals surface area contributed by atoms with Gasteiger partial charge in [-0.15, -0.1) is 0 Å². The van der Waals surface area contributed by atoms with Crippen LogP contribution in [-0.4, -0.2) is 59.7 Å². The third-order valence-electron chi connectivity index (χ3n) is 7.98. The van der Waals surface area contributed by atoms with Gasteiger partial charge in [0.25, 0.3) is 5.91 Å². The second-order valence-corrected chi connectivity index (χ2v) is 10.4. The lowest BCUT2D eigenvalue weighted by molar-refractivity contribution is -0.136. The number of hydrogen-bond donors (Lipinski definition) is 2. The Bertz CT molecular complexity index is 911. The molecule has 0 aliphatic carbocycles. The fourth-order valence-corrected chi connectivity index (χ4v) is 6.13. The predicted octanol–water partition coefficient (Wildman–Crippen LogP) is 2.44. The molecule has 3 unspecified atom stereocenters. The van der Waals surface area contributed by atoms with Gasteiger partial charge in [0.2, 0.25) is 11.8 Å². The number of rotatable bonds is 6. The molecule has 0 spiro atoms. The zero-order valence-electron chi connectivity index (χ0n) is 19.5. The van der Waals surface area contributed by atoms with E-state index in [1.165, 1.54) is 57.2 Å². The van der Waals surface area contributed by atoms with E-state index in [9.17, 15) is 14.4 Å². The number of likely N-dealkylation sites (tertiary alicyclic amines) is 1. The standard InChI is InChI=1S/C26H36N4O3/c31-24-10-9-23(25(32)28-24)30-17-21-8-7-20(13-22(21)26(30)33)16-29-12-2-4-19(15-29)6-5-18-3-1-11-27-14-18/h7-8,13,18-19,23,27H,1-6,9-12,14-17H2,(H,28,31,32). The molecular formula is C26H36N4O3. The van der Waals surface area contributed by atoms with E-state index in [-0.39, 0.29) is 24.1 Å². The zero-order valence-corrected chi connectivity index (χ0v) is 19.5. The molecular weight excluding hydrogens is 416 g/mol. The SMILES string of the molecule is O=C1CCC(N2Cc3ccc(CN4CCCC(CCC5CCCNC5)C4)cc3C2=O)C(=O)N1. The van der Waals surface area contributed by atoms with Crippen LogP contribution in [-0.2, 0) is 22.7 Å². The van der Waals surface area contributed by atoms with Crippen LogP contribution in [0.25, 0.3) is 0 Å². The van der Waals surface area contributed by atoms with E-state index >= 15 is 0 Å². The molecule has 33 heavy (non-hydrogen) atoms. The summed E-state index contributed by atoms with van der Waals surface area (Å²) in [6.45, 7) is 5.96. The highest BCUT2D eigenvalue weighted by atomic mass is 16.2. The summed E-state index contributed by atoms with van der Waals surface area (Å²) >= 11 is 0. The average molecular weight is 453 g/mol. The van der Waals surface area contributed by atoms with Crippen molar-refractivity contribution in [1.82, 2.24) is 20.4 Å². The lowest BCUT2D eigenvalue weighted by atomic mass is 9.87. The molecule has 3 saturated heterocycles. The first-order valence-electron chi connectivity index (χ1n) is 12.8. The molecule has 3 atom stereocenters. The third kappa shape index (κ3) is 5.14. The normalized spacial score (nSPS) is 28.7. The van der Waals surface area contributed by atoms with E-state index in [0.717, 1.165) is 42.6 Å². The molecule has 0 saturated carbocycles. The molecule has 7 heteroatoms. The van der Waals surface area contributed by atoms with Crippen molar-refractivity contribution in [3.05, 3.63) is 34.9 Å². The van der Waals surface area contributed by atoms with E-state index in [0.29, 0.717) is 13.0 Å². The van der Waals surface area contributed by atoms with E-state index in [2.05, 4.69) is 21.6 Å². The second-order valence-electron chi connectivity index (χ2n) is 10.4. The van der Waals surface area contributed by atoms with Gasteiger partial charge in [-0.2, -0.15) is 0 Å². The molecule has 4 aliphatic heterocycles. The highest BCUT2D eigenvalue weighted by molar-refractivity contribution is 6.05. The van der Waals surface area contributed by atoms with Crippen LogP contribution in [0, 0.1) is 11.8 Å². The Kier molecular flexibility index (Phi) is 6.79. The molecule has 4 aliphatic rings. The van der Waals surface area contributed by atoms with Crippen molar-refractivity contribution in [2.24, 2.45) is 11.8 Å². The van der Waals surface area contributed by atoms with Gasteiger partial charge >= 0.3 is 0 Å². The Morgan fingerprint density at radius 3 is 2.67 bits per heavy atom. The van der Waals surface area contributed by atoms with Crippen molar-refractivity contribution in [1.29, 1.82) is 0 Å². The fourth-order valence-electron chi connectivity index (χ4n) is 6.13. The smallest absolute Gasteiger partial charge is 0.255 e. The summed E-state index contributed by atoms with van der Waals surface area (Å²) in [5.74, 6) is 0.941. The molecule has 0 radical (unpaired) electrons. The van der Waals surface area contributed by atoms with Crippen LogP contribution in [0.15, 0.2) is 18.2 Å². The molecule has 178 valence electrons. The Labute approximate surface area is 196 Å². The van der Waals surface area contributed by atoms with Gasteiger partial charge in [-0.1, -0.05) is 12.1 Å². The van der Waals surface area contributed by atoms with Crippen molar-refractivity contribution >= 4 is 17.7 Å². The number of benzene rings is 1. The van der Waals surface area contributed by atoms with E-state index < -0.39 is 6.04 Å². The first-order chi connectivity index (χ1) is 16.1. The number of nitrogens with one attached hydrogen (secondary N) is 2. The fraction of sp³-hybridized carbons (Fsp3) is 0.654. The Balaban J connectivity index is 1.17. The number of nitrogens with zero attached hydrogens (tertiary/aromatic N) is 2.